The van der Waals surface area contributed by atoms with Crippen LogP contribution in [0.25, 0.3) is 21.2 Å². The zero-order chi connectivity index (χ0) is 46.1. The van der Waals surface area contributed by atoms with E-state index in [1.54, 1.807) is 0 Å². The standard InChI is InChI=1S/C61H67N3S/c1-56(2,3)36-20-25-39(26-21-36)62-47-29-24-38(58(7,8)9)32-48(47)64-53-49(62)34-46-51(60(12,13)31-30-59(46,10)11)54(53)63(40-27-22-37(23-28-40)57(4,5)6)52-43-33-42-41-18-16-17-19-44(41)61(14,15)45(42)35-50(43)65-55(52)64/h16-29,32-35H,30-31H2,1-15H3. The minimum atomic E-state index is -0.0970. The van der Waals surface area contributed by atoms with E-state index in [2.05, 4.69) is 228 Å². The van der Waals surface area contributed by atoms with Crippen LogP contribution in [-0.4, -0.2) is 0 Å². The molecule has 0 unspecified atom stereocenters. The molecule has 7 aromatic rings. The van der Waals surface area contributed by atoms with Crippen molar-refractivity contribution in [2.75, 3.05) is 14.7 Å². The van der Waals surface area contributed by atoms with Crippen LogP contribution in [0.1, 0.15) is 156 Å². The van der Waals surface area contributed by atoms with Gasteiger partial charge in [-0.1, -0.05) is 158 Å². The molecule has 0 amide bonds. The fourth-order valence-corrected chi connectivity index (χ4v) is 12.9. The van der Waals surface area contributed by atoms with Crippen LogP contribution in [0.15, 0.2) is 109 Å². The van der Waals surface area contributed by atoms with E-state index >= 15 is 0 Å². The van der Waals surface area contributed by atoms with Crippen molar-refractivity contribution in [3.63, 3.8) is 0 Å². The lowest BCUT2D eigenvalue weighted by molar-refractivity contribution is 0.332. The van der Waals surface area contributed by atoms with E-state index in [1.165, 1.54) is 111 Å². The average molecular weight is 874 g/mol. The fraction of sp³-hybridized carbons (Fsp3) is 0.377. The molecule has 65 heavy (non-hydrogen) atoms. The number of anilines is 9. The second kappa shape index (κ2) is 13.4. The number of benzene rings is 6. The van der Waals surface area contributed by atoms with E-state index < -0.39 is 0 Å². The van der Waals surface area contributed by atoms with Crippen molar-refractivity contribution in [2.24, 2.45) is 0 Å². The minimum Gasteiger partial charge on any atom is -0.306 e. The molecule has 11 rings (SSSR count). The summed E-state index contributed by atoms with van der Waals surface area (Å²) < 4.78 is 1.34. The van der Waals surface area contributed by atoms with E-state index in [1.807, 2.05) is 11.3 Å². The fourth-order valence-electron chi connectivity index (χ4n) is 11.7. The summed E-state index contributed by atoms with van der Waals surface area (Å²) in [6, 6.07) is 43.2. The molecule has 0 saturated heterocycles. The Morgan fingerprint density at radius 3 is 1.63 bits per heavy atom. The van der Waals surface area contributed by atoms with E-state index in [0.717, 1.165) is 12.8 Å². The maximum atomic E-state index is 2.73. The van der Waals surface area contributed by atoms with Gasteiger partial charge in [0.1, 0.15) is 5.00 Å². The van der Waals surface area contributed by atoms with Crippen molar-refractivity contribution >= 4 is 71.9 Å². The lowest BCUT2D eigenvalue weighted by atomic mass is 9.62. The highest BCUT2D eigenvalue weighted by Crippen LogP contribution is 2.70. The quantitative estimate of drug-likeness (QED) is 0.171. The largest absolute Gasteiger partial charge is 0.306 e. The summed E-state index contributed by atoms with van der Waals surface area (Å²) in [6.45, 7) is 35.8. The molecular weight excluding hydrogens is 807 g/mol. The summed E-state index contributed by atoms with van der Waals surface area (Å²) in [7, 11) is 0. The van der Waals surface area contributed by atoms with E-state index in [0.29, 0.717) is 0 Å². The van der Waals surface area contributed by atoms with Crippen LogP contribution in [0.5, 0.6) is 0 Å². The highest BCUT2D eigenvalue weighted by atomic mass is 32.1. The molecule has 3 nitrogen and oxygen atoms in total. The molecule has 2 aliphatic carbocycles. The molecule has 0 saturated carbocycles. The van der Waals surface area contributed by atoms with Gasteiger partial charge < -0.3 is 9.80 Å². The van der Waals surface area contributed by atoms with Crippen LogP contribution in [0.3, 0.4) is 0 Å². The van der Waals surface area contributed by atoms with Crippen LogP contribution in [0.4, 0.5) is 50.5 Å². The summed E-state index contributed by atoms with van der Waals surface area (Å²) in [5, 5.41) is 2.61. The van der Waals surface area contributed by atoms with Crippen molar-refractivity contribution in [3.05, 3.63) is 148 Å². The smallest absolute Gasteiger partial charge is 0.126 e. The van der Waals surface area contributed by atoms with Crippen molar-refractivity contribution in [1.82, 2.24) is 0 Å². The molecule has 0 atom stereocenters. The maximum absolute atomic E-state index is 2.73. The van der Waals surface area contributed by atoms with Gasteiger partial charge in [0.05, 0.1) is 34.1 Å². The van der Waals surface area contributed by atoms with Crippen molar-refractivity contribution in [3.8, 4) is 11.1 Å². The highest BCUT2D eigenvalue weighted by Gasteiger charge is 2.49. The molecule has 4 heteroatoms. The first-order chi connectivity index (χ1) is 30.4. The summed E-state index contributed by atoms with van der Waals surface area (Å²) in [4.78, 5) is 8.06. The predicted molar refractivity (Wildman–Crippen MR) is 282 cm³/mol. The molecule has 0 bridgehead atoms. The Labute approximate surface area is 393 Å². The lowest BCUT2D eigenvalue weighted by Gasteiger charge is -2.51. The number of hydrogen-bond donors (Lipinski definition) is 0. The first-order valence-electron chi connectivity index (χ1n) is 24.1. The van der Waals surface area contributed by atoms with E-state index in [4.69, 9.17) is 0 Å². The molecule has 4 aliphatic rings. The number of rotatable bonds is 2. The molecule has 6 aromatic carbocycles. The zero-order valence-electron chi connectivity index (χ0n) is 41.6. The normalized spacial score (nSPS) is 17.6. The van der Waals surface area contributed by atoms with Gasteiger partial charge in [0.15, 0.2) is 0 Å². The van der Waals surface area contributed by atoms with Crippen LogP contribution in [0, 0.1) is 0 Å². The SMILES string of the molecule is CC(C)(C)c1ccc(N2c3ccc(C(C)(C)C)cc3N3c4sc5cc6c(cc5c4N(c4ccc(C(C)(C)C)cc4)c4c3c2cc2c4C(C)(C)CCC2(C)C)-c2ccccc2C6(C)C)cc1. The van der Waals surface area contributed by atoms with Crippen molar-refractivity contribution in [2.45, 2.75) is 149 Å². The van der Waals surface area contributed by atoms with Gasteiger partial charge in [-0.25, -0.2) is 0 Å². The molecule has 0 radical (unpaired) electrons. The Balaban J connectivity index is 1.32. The van der Waals surface area contributed by atoms with Crippen molar-refractivity contribution in [1.29, 1.82) is 0 Å². The minimum absolute atomic E-state index is 0.0335. The van der Waals surface area contributed by atoms with Gasteiger partial charge in [0.25, 0.3) is 0 Å². The third-order valence-electron chi connectivity index (χ3n) is 15.8. The van der Waals surface area contributed by atoms with Crippen LogP contribution in [-0.2, 0) is 32.5 Å². The topological polar surface area (TPSA) is 9.72 Å². The highest BCUT2D eigenvalue weighted by molar-refractivity contribution is 7.24. The Bertz CT molecular complexity index is 3120. The average Bonchev–Trinajstić information content (AvgIpc) is 3.71. The summed E-state index contributed by atoms with van der Waals surface area (Å²) >= 11 is 1.97. The molecule has 0 fully saturated rings. The van der Waals surface area contributed by atoms with Crippen LogP contribution < -0.4 is 14.7 Å². The summed E-state index contributed by atoms with van der Waals surface area (Å²) in [5.74, 6) is 0. The molecule has 3 heterocycles. The monoisotopic (exact) mass is 874 g/mol. The van der Waals surface area contributed by atoms with Gasteiger partial charge in [0, 0.05) is 26.9 Å². The molecule has 0 N–H and O–H groups in total. The van der Waals surface area contributed by atoms with Crippen molar-refractivity contribution < 1.29 is 0 Å². The number of thiophene rings is 1. The van der Waals surface area contributed by atoms with Gasteiger partial charge in [-0.05, 0) is 145 Å². The summed E-state index contributed by atoms with van der Waals surface area (Å²) in [6.07, 6.45) is 2.25. The van der Waals surface area contributed by atoms with Crippen LogP contribution in [0.2, 0.25) is 0 Å². The Kier molecular flexibility index (Phi) is 8.73. The number of hydrogen-bond acceptors (Lipinski definition) is 4. The van der Waals surface area contributed by atoms with Crippen LogP contribution >= 0.6 is 11.3 Å². The van der Waals surface area contributed by atoms with E-state index in [9.17, 15) is 0 Å². The Morgan fingerprint density at radius 2 is 1.02 bits per heavy atom. The maximum Gasteiger partial charge on any atom is 0.126 e. The van der Waals surface area contributed by atoms with E-state index in [-0.39, 0.29) is 32.5 Å². The molecule has 2 aliphatic heterocycles. The molecule has 0 spiro atoms. The third-order valence-corrected chi connectivity index (χ3v) is 16.9. The zero-order valence-corrected chi connectivity index (χ0v) is 42.4. The third kappa shape index (κ3) is 6.11. The molecular formula is C61H67N3S. The van der Waals surface area contributed by atoms with Gasteiger partial charge in [0.2, 0.25) is 0 Å². The lowest BCUT2D eigenvalue weighted by Crippen LogP contribution is -2.39. The van der Waals surface area contributed by atoms with Gasteiger partial charge in [-0.2, -0.15) is 0 Å². The molecule has 1 aromatic heterocycles. The molecule has 332 valence electrons. The Morgan fingerprint density at radius 1 is 0.446 bits per heavy atom. The summed E-state index contributed by atoms with van der Waals surface area (Å²) in [5.41, 5.74) is 22.4. The first kappa shape index (κ1) is 42.3. The Hall–Kier alpha value is -5.32. The second-order valence-corrected chi connectivity index (χ2v) is 25.7. The van der Waals surface area contributed by atoms with Gasteiger partial charge in [-0.3, -0.25) is 4.90 Å². The first-order valence-corrected chi connectivity index (χ1v) is 24.9. The number of nitrogens with zero attached hydrogens (tertiary/aromatic N) is 3. The van der Waals surface area contributed by atoms with Gasteiger partial charge in [-0.15, -0.1) is 11.3 Å². The second-order valence-electron chi connectivity index (χ2n) is 24.7. The van der Waals surface area contributed by atoms with Gasteiger partial charge >= 0.3 is 0 Å². The number of fused-ring (bicyclic) bond motifs is 11. The predicted octanol–water partition coefficient (Wildman–Crippen LogP) is 18.5.